The highest BCUT2D eigenvalue weighted by Gasteiger charge is 2.72. The predicted molar refractivity (Wildman–Crippen MR) is 91.0 cm³/mol. The summed E-state index contributed by atoms with van der Waals surface area (Å²) in [6.07, 6.45) is -0.958. The van der Waals surface area contributed by atoms with E-state index < -0.39 is 17.7 Å². The number of allylic oxidation sites excluding steroid dienone is 2. The third kappa shape index (κ3) is 2.27. The maximum atomic E-state index is 13.2. The summed E-state index contributed by atoms with van der Waals surface area (Å²) in [4.78, 5) is 39.4. The fourth-order valence-electron chi connectivity index (χ4n) is 4.68. The van der Waals surface area contributed by atoms with E-state index in [1.165, 1.54) is 7.11 Å². The Labute approximate surface area is 155 Å². The number of hydrogen-bond donors (Lipinski definition) is 4. The first kappa shape index (κ1) is 18.0. The SMILES string of the molecule is COC12[C@@H]3N[C@@H]3CN1C1=C(C(=O)C(NCCO)=C(C)C1=O)[C@@H]2COC(N)=O. The number of rotatable bonds is 6. The van der Waals surface area contributed by atoms with E-state index in [9.17, 15) is 14.4 Å². The molecular weight excluding hydrogens is 356 g/mol. The van der Waals surface area contributed by atoms with Gasteiger partial charge in [0, 0.05) is 37.4 Å². The van der Waals surface area contributed by atoms with Crippen molar-refractivity contribution in [2.24, 2.45) is 11.7 Å². The summed E-state index contributed by atoms with van der Waals surface area (Å²) in [6.45, 7) is 1.90. The molecule has 1 amide bonds. The van der Waals surface area contributed by atoms with Crippen molar-refractivity contribution in [2.45, 2.75) is 24.7 Å². The number of nitrogens with one attached hydrogen (secondary N) is 2. The minimum Gasteiger partial charge on any atom is -0.449 e. The Kier molecular flexibility index (Phi) is 4.02. The Hall–Kier alpha value is -2.43. The van der Waals surface area contributed by atoms with Crippen molar-refractivity contribution in [2.75, 3.05) is 33.4 Å². The smallest absolute Gasteiger partial charge is 0.404 e. The van der Waals surface area contributed by atoms with E-state index in [0.717, 1.165) is 0 Å². The Morgan fingerprint density at radius 3 is 2.81 bits per heavy atom. The molecule has 0 aromatic carbocycles. The second-order valence-electron chi connectivity index (χ2n) is 7.07. The number of ether oxygens (including phenoxy) is 2. The van der Waals surface area contributed by atoms with Crippen LogP contribution in [0.2, 0.25) is 0 Å². The van der Waals surface area contributed by atoms with Gasteiger partial charge in [0.1, 0.15) is 6.61 Å². The number of Topliss-reactive ketones (excluding diaryl/α,β-unsaturated/α-hetero) is 2. The topological polar surface area (TPSA) is 153 Å². The van der Waals surface area contributed by atoms with Crippen molar-refractivity contribution >= 4 is 17.7 Å². The van der Waals surface area contributed by atoms with Gasteiger partial charge in [-0.3, -0.25) is 9.59 Å². The molecule has 0 aromatic heterocycles. The van der Waals surface area contributed by atoms with E-state index >= 15 is 0 Å². The maximum Gasteiger partial charge on any atom is 0.404 e. The number of ketones is 2. The monoisotopic (exact) mass is 378 g/mol. The van der Waals surface area contributed by atoms with E-state index in [-0.39, 0.29) is 54.7 Å². The second kappa shape index (κ2) is 6.04. The number of fused-ring (bicyclic) bond motifs is 4. The summed E-state index contributed by atoms with van der Waals surface area (Å²) in [5.41, 5.74) is 5.17. The average molecular weight is 378 g/mol. The van der Waals surface area contributed by atoms with Crippen molar-refractivity contribution < 1.29 is 29.0 Å². The molecule has 4 aliphatic rings. The van der Waals surface area contributed by atoms with Crippen LogP contribution >= 0.6 is 0 Å². The molecule has 2 saturated heterocycles. The minimum absolute atomic E-state index is 0.0793. The predicted octanol–water partition coefficient (Wildman–Crippen LogP) is -2.03. The first-order valence-electron chi connectivity index (χ1n) is 8.78. The van der Waals surface area contributed by atoms with Gasteiger partial charge in [-0.1, -0.05) is 0 Å². The van der Waals surface area contributed by atoms with Crippen LogP contribution in [0.1, 0.15) is 6.92 Å². The van der Waals surface area contributed by atoms with Crippen LogP contribution in [0.3, 0.4) is 0 Å². The van der Waals surface area contributed by atoms with E-state index in [1.807, 2.05) is 4.90 Å². The lowest BCUT2D eigenvalue weighted by Gasteiger charge is -2.39. The zero-order valence-corrected chi connectivity index (χ0v) is 15.1. The van der Waals surface area contributed by atoms with Crippen LogP contribution in [-0.4, -0.2) is 78.9 Å². The largest absolute Gasteiger partial charge is 0.449 e. The van der Waals surface area contributed by atoms with Crippen LogP contribution < -0.4 is 16.4 Å². The lowest BCUT2D eigenvalue weighted by atomic mass is 9.82. The number of methoxy groups -OCH3 is 1. The average Bonchev–Trinajstić information content (AvgIpc) is 3.24. The molecule has 0 saturated carbocycles. The van der Waals surface area contributed by atoms with E-state index in [4.69, 9.17) is 20.3 Å². The Morgan fingerprint density at radius 1 is 1.44 bits per heavy atom. The van der Waals surface area contributed by atoms with Gasteiger partial charge in [-0.25, -0.2) is 4.79 Å². The summed E-state index contributed by atoms with van der Waals surface area (Å²) >= 11 is 0. The van der Waals surface area contributed by atoms with E-state index in [0.29, 0.717) is 17.8 Å². The van der Waals surface area contributed by atoms with Crippen molar-refractivity contribution in [1.29, 1.82) is 0 Å². The second-order valence-corrected chi connectivity index (χ2v) is 7.07. The number of primary amides is 1. The summed E-state index contributed by atoms with van der Waals surface area (Å²) in [7, 11) is 1.52. The Balaban J connectivity index is 1.79. The van der Waals surface area contributed by atoms with Crippen LogP contribution in [-0.2, 0) is 19.1 Å². The standard InChI is InChI=1S/C17H22N4O6/c1-7-11(19-3-4-22)14(24)10-8(6-27-16(18)25)17(26-2)15-9(20-15)5-21(17)12(10)13(7)23/h8-9,15,19-20,22H,3-6H2,1-2H3,(H2,18,25)/t8-,9+,15+,17?/m0/s1. The molecule has 10 nitrogen and oxygen atoms in total. The Morgan fingerprint density at radius 2 is 2.19 bits per heavy atom. The van der Waals surface area contributed by atoms with Crippen LogP contribution in [0.25, 0.3) is 0 Å². The molecule has 1 unspecified atom stereocenters. The Bertz CT molecular complexity index is 805. The van der Waals surface area contributed by atoms with Gasteiger partial charge in [-0.2, -0.15) is 0 Å². The van der Waals surface area contributed by atoms with Gasteiger partial charge >= 0.3 is 6.09 Å². The molecular formula is C17H22N4O6. The molecule has 4 rings (SSSR count). The van der Waals surface area contributed by atoms with Gasteiger partial charge in [0.15, 0.2) is 5.72 Å². The van der Waals surface area contributed by atoms with Gasteiger partial charge in [0.2, 0.25) is 11.6 Å². The highest BCUT2D eigenvalue weighted by atomic mass is 16.6. The normalized spacial score (nSPS) is 33.9. The van der Waals surface area contributed by atoms with Crippen LogP contribution in [0, 0.1) is 5.92 Å². The molecule has 0 spiro atoms. The minimum atomic E-state index is -0.983. The van der Waals surface area contributed by atoms with Gasteiger partial charge in [0.25, 0.3) is 0 Å². The maximum absolute atomic E-state index is 13.2. The van der Waals surface area contributed by atoms with Gasteiger partial charge in [-0.15, -0.1) is 0 Å². The summed E-state index contributed by atoms with van der Waals surface area (Å²) in [5.74, 6) is -1.28. The number of aliphatic hydroxyl groups is 1. The molecule has 3 heterocycles. The van der Waals surface area contributed by atoms with Gasteiger partial charge in [-0.05, 0) is 6.92 Å². The molecule has 2 fully saturated rings. The number of carbonyl (C=O) groups is 3. The highest BCUT2D eigenvalue weighted by Crippen LogP contribution is 2.55. The lowest BCUT2D eigenvalue weighted by molar-refractivity contribution is -0.137. The molecule has 3 aliphatic heterocycles. The van der Waals surface area contributed by atoms with Crippen molar-refractivity contribution in [3.63, 3.8) is 0 Å². The van der Waals surface area contributed by atoms with Crippen LogP contribution in [0.5, 0.6) is 0 Å². The van der Waals surface area contributed by atoms with Crippen molar-refractivity contribution in [3.05, 3.63) is 22.5 Å². The molecule has 0 aromatic rings. The molecule has 0 radical (unpaired) electrons. The molecule has 27 heavy (non-hydrogen) atoms. The van der Waals surface area contributed by atoms with Gasteiger partial charge in [0.05, 0.1) is 30.0 Å². The highest BCUT2D eigenvalue weighted by molar-refractivity contribution is 6.25. The third-order valence-corrected chi connectivity index (χ3v) is 5.84. The summed E-state index contributed by atoms with van der Waals surface area (Å²) < 4.78 is 10.9. The summed E-state index contributed by atoms with van der Waals surface area (Å²) in [5, 5.41) is 15.2. The zero-order valence-electron chi connectivity index (χ0n) is 15.1. The molecule has 0 bridgehead atoms. The number of hydrogen-bond acceptors (Lipinski definition) is 9. The zero-order chi connectivity index (χ0) is 19.5. The number of amides is 1. The van der Waals surface area contributed by atoms with Crippen molar-refractivity contribution in [3.8, 4) is 0 Å². The third-order valence-electron chi connectivity index (χ3n) is 5.84. The number of nitrogens with two attached hydrogens (primary N) is 1. The fraction of sp³-hybridized carbons (Fsp3) is 0.588. The van der Waals surface area contributed by atoms with E-state index in [1.54, 1.807) is 6.92 Å². The number of carbonyl (C=O) groups excluding carboxylic acids is 3. The van der Waals surface area contributed by atoms with Gasteiger partial charge < -0.3 is 35.8 Å². The fourth-order valence-corrected chi connectivity index (χ4v) is 4.68. The van der Waals surface area contributed by atoms with E-state index in [2.05, 4.69) is 10.6 Å². The lowest BCUT2D eigenvalue weighted by Crippen LogP contribution is -2.55. The van der Waals surface area contributed by atoms with Crippen LogP contribution in [0.15, 0.2) is 22.5 Å². The first-order valence-corrected chi connectivity index (χ1v) is 8.78. The van der Waals surface area contributed by atoms with Crippen LogP contribution in [0.4, 0.5) is 4.79 Å². The quantitative estimate of drug-likeness (QED) is 0.303. The molecule has 1 aliphatic carbocycles. The number of aliphatic hydroxyl groups excluding tert-OH is 1. The van der Waals surface area contributed by atoms with Crippen molar-refractivity contribution in [1.82, 2.24) is 15.5 Å². The number of nitrogens with zero attached hydrogens (tertiary/aromatic N) is 1. The summed E-state index contributed by atoms with van der Waals surface area (Å²) in [6, 6.07) is 0.0699. The molecule has 10 heteroatoms. The molecule has 5 N–H and O–H groups in total. The molecule has 146 valence electrons. The first-order chi connectivity index (χ1) is 12.9. The molecule has 4 atom stereocenters. The number of piperazine rings is 1.